The zero-order chi connectivity index (χ0) is 19.5. The molecule has 2 rings (SSSR count). The van der Waals surface area contributed by atoms with E-state index in [1.807, 2.05) is 45.0 Å². The molecule has 0 aliphatic carbocycles. The van der Waals surface area contributed by atoms with Crippen molar-refractivity contribution in [1.82, 2.24) is 10.6 Å². The van der Waals surface area contributed by atoms with Gasteiger partial charge in [-0.2, -0.15) is 0 Å². The summed E-state index contributed by atoms with van der Waals surface area (Å²) in [5, 5.41) is 17.0. The van der Waals surface area contributed by atoms with Crippen LogP contribution in [0.4, 0.5) is 0 Å². The highest BCUT2D eigenvalue weighted by molar-refractivity contribution is 5.79. The minimum atomic E-state index is -0.647. The molecule has 150 valence electrons. The number of benzene rings is 1. The quantitative estimate of drug-likeness (QED) is 0.352. The van der Waals surface area contributed by atoms with Crippen LogP contribution in [0.1, 0.15) is 45.3 Å². The Labute approximate surface area is 162 Å². The van der Waals surface area contributed by atoms with E-state index in [1.54, 1.807) is 0 Å². The summed E-state index contributed by atoms with van der Waals surface area (Å²) in [6, 6.07) is 7.53. The molecule has 1 aromatic carbocycles. The Morgan fingerprint density at radius 1 is 1.26 bits per heavy atom. The number of aliphatic hydroxyl groups is 1. The van der Waals surface area contributed by atoms with E-state index in [1.165, 1.54) is 5.57 Å². The first kappa shape index (κ1) is 21.3. The first-order chi connectivity index (χ1) is 13.1. The van der Waals surface area contributed by atoms with Crippen molar-refractivity contribution in [3.63, 3.8) is 0 Å². The molecule has 0 radical (unpaired) electrons. The molecule has 0 saturated carbocycles. The largest absolute Gasteiger partial charge is 0.491 e. The lowest BCUT2D eigenvalue weighted by Gasteiger charge is -2.16. The fourth-order valence-electron chi connectivity index (χ4n) is 2.80. The van der Waals surface area contributed by atoms with Crippen LogP contribution in [0, 0.1) is 0 Å². The molecule has 6 nitrogen and oxygen atoms in total. The molecule has 1 heterocycles. The van der Waals surface area contributed by atoms with Gasteiger partial charge in [-0.15, -0.1) is 0 Å². The normalized spacial score (nSPS) is 16.0. The van der Waals surface area contributed by atoms with Gasteiger partial charge < -0.3 is 25.2 Å². The Kier molecular flexibility index (Phi) is 9.15. The molecule has 1 unspecified atom stereocenters. The molecular weight excluding hydrogens is 342 g/mol. The van der Waals surface area contributed by atoms with Crippen molar-refractivity contribution in [3.8, 4) is 5.75 Å². The Morgan fingerprint density at radius 3 is 2.67 bits per heavy atom. The van der Waals surface area contributed by atoms with Gasteiger partial charge in [0, 0.05) is 13.1 Å². The Bertz CT molecular complexity index is 612. The van der Waals surface area contributed by atoms with Gasteiger partial charge in [0.1, 0.15) is 5.75 Å². The molecule has 1 aliphatic heterocycles. The highest BCUT2D eigenvalue weighted by Gasteiger charge is 2.09. The predicted octanol–water partition coefficient (Wildman–Crippen LogP) is 2.80. The SMILES string of the molecule is CCNC(=NCC(O)c1ccc(OC(C)C)cc1)NCCC1=CCOCC1. The molecule has 1 atom stereocenters. The van der Waals surface area contributed by atoms with Gasteiger partial charge >= 0.3 is 0 Å². The minimum absolute atomic E-state index is 0.135. The summed E-state index contributed by atoms with van der Waals surface area (Å²) in [6.45, 7) is 9.44. The van der Waals surface area contributed by atoms with Gasteiger partial charge in [0.2, 0.25) is 0 Å². The zero-order valence-corrected chi connectivity index (χ0v) is 16.7. The van der Waals surface area contributed by atoms with Gasteiger partial charge in [0.15, 0.2) is 5.96 Å². The van der Waals surface area contributed by atoms with E-state index in [0.29, 0.717) is 6.54 Å². The molecule has 27 heavy (non-hydrogen) atoms. The molecule has 6 heteroatoms. The van der Waals surface area contributed by atoms with Crippen LogP contribution in [0.5, 0.6) is 5.75 Å². The average Bonchev–Trinajstić information content (AvgIpc) is 2.67. The first-order valence-corrected chi connectivity index (χ1v) is 9.81. The van der Waals surface area contributed by atoms with Crippen LogP contribution in [-0.4, -0.2) is 50.0 Å². The molecule has 1 aromatic rings. The lowest BCUT2D eigenvalue weighted by Crippen LogP contribution is -2.38. The number of aliphatic hydroxyl groups excluding tert-OH is 1. The number of hydrogen-bond donors (Lipinski definition) is 3. The van der Waals surface area contributed by atoms with Crippen LogP contribution in [-0.2, 0) is 4.74 Å². The number of rotatable bonds is 9. The van der Waals surface area contributed by atoms with Crippen molar-refractivity contribution in [1.29, 1.82) is 0 Å². The summed E-state index contributed by atoms with van der Waals surface area (Å²) in [4.78, 5) is 4.51. The van der Waals surface area contributed by atoms with E-state index in [2.05, 4.69) is 21.7 Å². The number of hydrogen-bond acceptors (Lipinski definition) is 4. The molecule has 0 amide bonds. The second-order valence-corrected chi connectivity index (χ2v) is 6.84. The van der Waals surface area contributed by atoms with Gasteiger partial charge in [-0.1, -0.05) is 23.8 Å². The fraction of sp³-hybridized carbons (Fsp3) is 0.571. The van der Waals surface area contributed by atoms with Gasteiger partial charge in [0.05, 0.1) is 32.0 Å². The molecule has 3 N–H and O–H groups in total. The lowest BCUT2D eigenvalue weighted by atomic mass is 10.1. The maximum Gasteiger partial charge on any atom is 0.191 e. The Hall–Kier alpha value is -2.05. The standard InChI is InChI=1S/C21H33N3O3/c1-4-22-21(23-12-9-17-10-13-26-14-11-17)24-15-20(25)18-5-7-19(8-6-18)27-16(2)3/h5-8,10,16,20,25H,4,9,11-15H2,1-3H3,(H2,22,23,24). The van der Waals surface area contributed by atoms with Crippen molar-refractivity contribution >= 4 is 5.96 Å². The summed E-state index contributed by atoms with van der Waals surface area (Å²) in [5.41, 5.74) is 2.26. The van der Waals surface area contributed by atoms with Crippen LogP contribution in [0.3, 0.4) is 0 Å². The molecule has 0 fully saturated rings. The van der Waals surface area contributed by atoms with Crippen molar-refractivity contribution in [2.75, 3.05) is 32.8 Å². The highest BCUT2D eigenvalue weighted by atomic mass is 16.5. The number of guanidine groups is 1. The summed E-state index contributed by atoms with van der Waals surface area (Å²) < 4.78 is 11.0. The van der Waals surface area contributed by atoms with Gasteiger partial charge in [0.25, 0.3) is 0 Å². The first-order valence-electron chi connectivity index (χ1n) is 9.81. The van der Waals surface area contributed by atoms with Crippen LogP contribution in [0.15, 0.2) is 40.9 Å². The molecule has 0 spiro atoms. The number of nitrogens with zero attached hydrogens (tertiary/aromatic N) is 1. The van der Waals surface area contributed by atoms with Gasteiger partial charge in [-0.25, -0.2) is 0 Å². The molecule has 0 aromatic heterocycles. The fourth-order valence-corrected chi connectivity index (χ4v) is 2.80. The molecule has 1 aliphatic rings. The topological polar surface area (TPSA) is 75.1 Å². The Balaban J connectivity index is 1.83. The van der Waals surface area contributed by atoms with Crippen LogP contribution in [0.25, 0.3) is 0 Å². The maximum absolute atomic E-state index is 10.4. The molecule has 0 saturated heterocycles. The van der Waals surface area contributed by atoms with Crippen molar-refractivity contribution in [3.05, 3.63) is 41.5 Å². The van der Waals surface area contributed by atoms with E-state index >= 15 is 0 Å². The zero-order valence-electron chi connectivity index (χ0n) is 16.7. The van der Waals surface area contributed by atoms with Crippen molar-refractivity contribution in [2.45, 2.75) is 45.8 Å². The monoisotopic (exact) mass is 375 g/mol. The third-order valence-electron chi connectivity index (χ3n) is 4.20. The maximum atomic E-state index is 10.4. The Morgan fingerprint density at radius 2 is 2.04 bits per heavy atom. The molecule has 0 bridgehead atoms. The number of nitrogens with one attached hydrogen (secondary N) is 2. The third-order valence-corrected chi connectivity index (χ3v) is 4.20. The van der Waals surface area contributed by atoms with E-state index < -0.39 is 6.10 Å². The average molecular weight is 376 g/mol. The second kappa shape index (κ2) is 11.6. The van der Waals surface area contributed by atoms with Crippen LogP contribution in [0.2, 0.25) is 0 Å². The van der Waals surface area contributed by atoms with Gasteiger partial charge in [-0.3, -0.25) is 4.99 Å². The van der Waals surface area contributed by atoms with E-state index in [9.17, 15) is 5.11 Å². The van der Waals surface area contributed by atoms with E-state index in [-0.39, 0.29) is 6.10 Å². The predicted molar refractivity (Wildman–Crippen MR) is 109 cm³/mol. The summed E-state index contributed by atoms with van der Waals surface area (Å²) in [5.74, 6) is 1.53. The number of aliphatic imine (C=N–C) groups is 1. The summed E-state index contributed by atoms with van der Waals surface area (Å²) in [7, 11) is 0. The third kappa shape index (κ3) is 8.01. The number of ether oxygens (including phenoxy) is 2. The smallest absolute Gasteiger partial charge is 0.191 e. The summed E-state index contributed by atoms with van der Waals surface area (Å²) >= 11 is 0. The van der Waals surface area contributed by atoms with Gasteiger partial charge in [-0.05, 0) is 51.3 Å². The lowest BCUT2D eigenvalue weighted by molar-refractivity contribution is 0.153. The minimum Gasteiger partial charge on any atom is -0.491 e. The molecular formula is C21H33N3O3. The highest BCUT2D eigenvalue weighted by Crippen LogP contribution is 2.19. The van der Waals surface area contributed by atoms with Crippen molar-refractivity contribution in [2.24, 2.45) is 4.99 Å². The van der Waals surface area contributed by atoms with E-state index in [4.69, 9.17) is 9.47 Å². The second-order valence-electron chi connectivity index (χ2n) is 6.84. The van der Waals surface area contributed by atoms with Crippen LogP contribution < -0.4 is 15.4 Å². The van der Waals surface area contributed by atoms with Crippen LogP contribution >= 0.6 is 0 Å². The van der Waals surface area contributed by atoms with Crippen molar-refractivity contribution < 1.29 is 14.6 Å². The van der Waals surface area contributed by atoms with E-state index in [0.717, 1.165) is 56.4 Å². The summed E-state index contributed by atoms with van der Waals surface area (Å²) in [6.07, 6.45) is 3.63.